The largest absolute Gasteiger partial charge is 0.392 e. The van der Waals surface area contributed by atoms with E-state index in [1.54, 1.807) is 6.92 Å². The molecule has 1 atom stereocenters. The first kappa shape index (κ1) is 18.9. The third kappa shape index (κ3) is 5.30. The molecule has 1 amide bonds. The topological polar surface area (TPSA) is 47.0 Å². The molecule has 1 aromatic carbocycles. The number of hydrogen-bond acceptors (Lipinski definition) is 4. The van der Waals surface area contributed by atoms with Crippen molar-refractivity contribution in [2.75, 3.05) is 45.8 Å². The summed E-state index contributed by atoms with van der Waals surface area (Å²) in [7, 11) is 0. The van der Waals surface area contributed by atoms with Gasteiger partial charge in [0.2, 0.25) is 0 Å². The highest BCUT2D eigenvalue weighted by Gasteiger charge is 2.22. The van der Waals surface area contributed by atoms with Gasteiger partial charge in [-0.15, -0.1) is 0 Å². The fourth-order valence-corrected chi connectivity index (χ4v) is 3.15. The summed E-state index contributed by atoms with van der Waals surface area (Å²) in [6, 6.07) is 8.02. The Labute approximate surface area is 145 Å². The summed E-state index contributed by atoms with van der Waals surface area (Å²) in [5, 5.41) is 9.46. The summed E-state index contributed by atoms with van der Waals surface area (Å²) in [6.45, 7) is 12.9. The summed E-state index contributed by atoms with van der Waals surface area (Å²) in [4.78, 5) is 19.1. The average molecular weight is 333 g/mol. The minimum absolute atomic E-state index is 0.112. The summed E-state index contributed by atoms with van der Waals surface area (Å²) >= 11 is 0. The van der Waals surface area contributed by atoms with Gasteiger partial charge in [0.1, 0.15) is 0 Å². The number of nitrogens with zero attached hydrogens (tertiary/aromatic N) is 3. The first-order chi connectivity index (χ1) is 11.5. The predicted octanol–water partition coefficient (Wildman–Crippen LogP) is 1.67. The number of hydrogen-bond donors (Lipinski definition) is 1. The van der Waals surface area contributed by atoms with Crippen LogP contribution in [0.5, 0.6) is 0 Å². The van der Waals surface area contributed by atoms with Gasteiger partial charge in [-0.05, 0) is 37.7 Å². The van der Waals surface area contributed by atoms with Crippen molar-refractivity contribution in [2.24, 2.45) is 0 Å². The van der Waals surface area contributed by atoms with E-state index in [2.05, 4.69) is 35.8 Å². The molecule has 1 saturated heterocycles. The van der Waals surface area contributed by atoms with Crippen LogP contribution in [0.1, 0.15) is 36.7 Å². The van der Waals surface area contributed by atoms with E-state index in [4.69, 9.17) is 0 Å². The van der Waals surface area contributed by atoms with Crippen LogP contribution in [0.4, 0.5) is 0 Å². The third-order valence-electron chi connectivity index (χ3n) is 4.68. The fourth-order valence-electron chi connectivity index (χ4n) is 3.15. The van der Waals surface area contributed by atoms with Crippen LogP contribution >= 0.6 is 0 Å². The van der Waals surface area contributed by atoms with Gasteiger partial charge in [0.05, 0.1) is 6.10 Å². The van der Waals surface area contributed by atoms with Crippen LogP contribution in [-0.4, -0.2) is 77.6 Å². The molecule has 0 unspecified atom stereocenters. The maximum atomic E-state index is 12.6. The first-order valence-corrected chi connectivity index (χ1v) is 9.04. The Morgan fingerprint density at radius 3 is 2.21 bits per heavy atom. The number of amides is 1. The highest BCUT2D eigenvalue weighted by atomic mass is 16.3. The molecule has 5 nitrogen and oxygen atoms in total. The zero-order valence-corrected chi connectivity index (χ0v) is 15.2. The number of carbonyl (C=O) groups is 1. The Hall–Kier alpha value is -1.43. The molecule has 2 rings (SSSR count). The Morgan fingerprint density at radius 1 is 1.12 bits per heavy atom. The number of aliphatic hydroxyl groups is 1. The molecule has 1 aliphatic rings. The van der Waals surface area contributed by atoms with E-state index in [-0.39, 0.29) is 12.0 Å². The maximum Gasteiger partial charge on any atom is 0.253 e. The highest BCUT2D eigenvalue weighted by molar-refractivity contribution is 5.94. The number of aliphatic hydroxyl groups excluding tert-OH is 1. The van der Waals surface area contributed by atoms with E-state index in [1.807, 2.05) is 17.0 Å². The van der Waals surface area contributed by atoms with Crippen molar-refractivity contribution in [1.29, 1.82) is 0 Å². The standard InChI is InChI=1S/C19H31N3O2/c1-4-20(5-2)15-17-6-8-18(9-7-17)19(24)22-12-10-21(11-13-22)14-16(3)23/h6-9,16,23H,4-5,10-15H2,1-3H3/t16-/m1/s1. The number of carbonyl (C=O) groups excluding carboxylic acids is 1. The maximum absolute atomic E-state index is 12.6. The van der Waals surface area contributed by atoms with Gasteiger partial charge in [-0.3, -0.25) is 14.6 Å². The molecule has 24 heavy (non-hydrogen) atoms. The van der Waals surface area contributed by atoms with Crippen LogP contribution in [0.25, 0.3) is 0 Å². The molecule has 0 bridgehead atoms. The van der Waals surface area contributed by atoms with E-state index < -0.39 is 0 Å². The second-order valence-electron chi connectivity index (χ2n) is 6.60. The molecule has 134 valence electrons. The number of rotatable bonds is 7. The van der Waals surface area contributed by atoms with Crippen molar-refractivity contribution >= 4 is 5.91 Å². The van der Waals surface area contributed by atoms with E-state index in [9.17, 15) is 9.90 Å². The van der Waals surface area contributed by atoms with Gasteiger partial charge >= 0.3 is 0 Å². The molecule has 5 heteroatoms. The first-order valence-electron chi connectivity index (χ1n) is 9.04. The Balaban J connectivity index is 1.89. The minimum Gasteiger partial charge on any atom is -0.392 e. The highest BCUT2D eigenvalue weighted by Crippen LogP contribution is 2.12. The smallest absolute Gasteiger partial charge is 0.253 e. The van der Waals surface area contributed by atoms with E-state index in [0.29, 0.717) is 6.54 Å². The monoisotopic (exact) mass is 333 g/mol. The molecule has 1 heterocycles. The minimum atomic E-state index is -0.314. The van der Waals surface area contributed by atoms with Gasteiger partial charge in [0, 0.05) is 44.8 Å². The van der Waals surface area contributed by atoms with E-state index in [0.717, 1.165) is 51.4 Å². The SMILES string of the molecule is CCN(CC)Cc1ccc(C(=O)N2CCN(C[C@@H](C)O)CC2)cc1. The van der Waals surface area contributed by atoms with Gasteiger partial charge < -0.3 is 10.0 Å². The molecular formula is C19H31N3O2. The van der Waals surface area contributed by atoms with E-state index >= 15 is 0 Å². The van der Waals surface area contributed by atoms with Gasteiger partial charge in [-0.1, -0.05) is 26.0 Å². The summed E-state index contributed by atoms with van der Waals surface area (Å²) < 4.78 is 0. The van der Waals surface area contributed by atoms with Gasteiger partial charge in [0.25, 0.3) is 5.91 Å². The van der Waals surface area contributed by atoms with Gasteiger partial charge in [-0.25, -0.2) is 0 Å². The average Bonchev–Trinajstić information content (AvgIpc) is 2.60. The van der Waals surface area contributed by atoms with Crippen molar-refractivity contribution in [1.82, 2.24) is 14.7 Å². The summed E-state index contributed by atoms with van der Waals surface area (Å²) in [6.07, 6.45) is -0.314. The lowest BCUT2D eigenvalue weighted by Crippen LogP contribution is -2.50. The molecule has 0 aliphatic carbocycles. The zero-order valence-electron chi connectivity index (χ0n) is 15.2. The predicted molar refractivity (Wildman–Crippen MR) is 97.1 cm³/mol. The molecule has 0 radical (unpaired) electrons. The van der Waals surface area contributed by atoms with Crippen LogP contribution in [-0.2, 0) is 6.54 Å². The zero-order chi connectivity index (χ0) is 17.5. The Bertz CT molecular complexity index is 504. The normalized spacial score (nSPS) is 17.3. The molecule has 0 aromatic heterocycles. The number of benzene rings is 1. The lowest BCUT2D eigenvalue weighted by atomic mass is 10.1. The fraction of sp³-hybridized carbons (Fsp3) is 0.632. The van der Waals surface area contributed by atoms with Crippen molar-refractivity contribution < 1.29 is 9.90 Å². The van der Waals surface area contributed by atoms with Crippen LogP contribution in [0.3, 0.4) is 0 Å². The molecule has 1 aliphatic heterocycles. The molecular weight excluding hydrogens is 302 g/mol. The van der Waals surface area contributed by atoms with Crippen molar-refractivity contribution in [3.63, 3.8) is 0 Å². The van der Waals surface area contributed by atoms with Crippen molar-refractivity contribution in [2.45, 2.75) is 33.4 Å². The van der Waals surface area contributed by atoms with Crippen molar-refractivity contribution in [3.8, 4) is 0 Å². The molecule has 0 spiro atoms. The summed E-state index contributed by atoms with van der Waals surface area (Å²) in [5.74, 6) is 0.112. The van der Waals surface area contributed by atoms with Crippen LogP contribution in [0, 0.1) is 0 Å². The molecule has 1 N–H and O–H groups in total. The van der Waals surface area contributed by atoms with Gasteiger partial charge in [-0.2, -0.15) is 0 Å². The van der Waals surface area contributed by atoms with Crippen LogP contribution < -0.4 is 0 Å². The second kappa shape index (κ2) is 9.16. The van der Waals surface area contributed by atoms with E-state index in [1.165, 1.54) is 5.56 Å². The Kier molecular flexibility index (Phi) is 7.21. The summed E-state index contributed by atoms with van der Waals surface area (Å²) in [5.41, 5.74) is 2.01. The van der Waals surface area contributed by atoms with Crippen LogP contribution in [0.2, 0.25) is 0 Å². The quantitative estimate of drug-likeness (QED) is 0.824. The van der Waals surface area contributed by atoms with Crippen molar-refractivity contribution in [3.05, 3.63) is 35.4 Å². The molecule has 0 saturated carbocycles. The molecule has 1 aromatic rings. The lowest BCUT2D eigenvalue weighted by molar-refractivity contribution is 0.0554. The Morgan fingerprint density at radius 2 is 1.71 bits per heavy atom. The third-order valence-corrected chi connectivity index (χ3v) is 4.68. The van der Waals surface area contributed by atoms with Gasteiger partial charge in [0.15, 0.2) is 0 Å². The number of piperazine rings is 1. The number of β-amino-alcohol motifs (C(OH)–C–C–N with tert-alkyl or cyclic N) is 1. The molecule has 1 fully saturated rings. The second-order valence-corrected chi connectivity index (χ2v) is 6.60. The lowest BCUT2D eigenvalue weighted by Gasteiger charge is -2.35. The van der Waals surface area contributed by atoms with Crippen LogP contribution in [0.15, 0.2) is 24.3 Å².